The summed E-state index contributed by atoms with van der Waals surface area (Å²) in [6, 6.07) is 0. The second kappa shape index (κ2) is 6.26. The van der Waals surface area contributed by atoms with Crippen molar-refractivity contribution in [3.63, 3.8) is 0 Å². The molecule has 2 heterocycles. The van der Waals surface area contributed by atoms with Crippen molar-refractivity contribution in [2.75, 3.05) is 6.26 Å². The third-order valence-corrected chi connectivity index (χ3v) is 5.00. The van der Waals surface area contributed by atoms with E-state index in [-0.39, 0.29) is 5.25 Å². The highest BCUT2D eigenvalue weighted by Gasteiger charge is 2.20. The molecular weight excluding hydrogens is 296 g/mol. The molecule has 0 aliphatic heterocycles. The highest BCUT2D eigenvalue weighted by Crippen LogP contribution is 2.22. The van der Waals surface area contributed by atoms with E-state index in [2.05, 4.69) is 21.6 Å². The predicted octanol–water partition coefficient (Wildman–Crippen LogP) is 2.23. The fraction of sp³-hybridized carbons (Fsp3) is 0.692. The van der Waals surface area contributed by atoms with Crippen molar-refractivity contribution in [1.29, 1.82) is 0 Å². The molecule has 0 fully saturated rings. The zero-order valence-electron chi connectivity index (χ0n) is 12.4. The number of nitrogens with zero attached hydrogens (tertiary/aromatic N) is 4. The number of alkyl halides is 1. The molecular formula is C13H21ClN4OS. The average molecular weight is 317 g/mol. The van der Waals surface area contributed by atoms with E-state index >= 15 is 0 Å². The Morgan fingerprint density at radius 1 is 1.45 bits per heavy atom. The van der Waals surface area contributed by atoms with Crippen molar-refractivity contribution in [3.05, 3.63) is 11.5 Å². The lowest BCUT2D eigenvalue weighted by Gasteiger charge is -2.12. The van der Waals surface area contributed by atoms with Crippen molar-refractivity contribution >= 4 is 33.6 Å². The standard InChI is InChI=1S/C13H21ClN4OS/c1-5-6-10-12-13(17(3)16-10)18(11(7-14)15-12)8-9(2)20(4)19/h9H,5-8H2,1-4H3. The monoisotopic (exact) mass is 316 g/mol. The summed E-state index contributed by atoms with van der Waals surface area (Å²) < 4.78 is 15.5. The minimum atomic E-state index is -0.873. The third kappa shape index (κ3) is 2.76. The molecule has 0 saturated carbocycles. The highest BCUT2D eigenvalue weighted by atomic mass is 35.5. The van der Waals surface area contributed by atoms with E-state index < -0.39 is 10.8 Å². The summed E-state index contributed by atoms with van der Waals surface area (Å²) in [4.78, 5) is 4.63. The first-order valence-corrected chi connectivity index (χ1v) is 8.94. The van der Waals surface area contributed by atoms with Crippen LogP contribution in [-0.2, 0) is 36.7 Å². The molecule has 0 aromatic carbocycles. The van der Waals surface area contributed by atoms with Gasteiger partial charge in [0, 0.05) is 35.9 Å². The van der Waals surface area contributed by atoms with Crippen LogP contribution >= 0.6 is 11.6 Å². The Bertz CT molecular complexity index is 634. The fourth-order valence-corrected chi connectivity index (χ4v) is 2.91. The number of hydrogen-bond donors (Lipinski definition) is 0. The van der Waals surface area contributed by atoms with Gasteiger partial charge in [0.2, 0.25) is 0 Å². The summed E-state index contributed by atoms with van der Waals surface area (Å²) in [6.07, 6.45) is 3.67. The first-order valence-electron chi connectivity index (χ1n) is 6.78. The molecule has 0 spiro atoms. The average Bonchev–Trinajstić information content (AvgIpc) is 2.89. The number of aromatic nitrogens is 4. The van der Waals surface area contributed by atoms with Crippen LogP contribution < -0.4 is 0 Å². The smallest absolute Gasteiger partial charge is 0.158 e. The van der Waals surface area contributed by atoms with Gasteiger partial charge in [-0.15, -0.1) is 11.6 Å². The van der Waals surface area contributed by atoms with E-state index in [1.807, 2.05) is 18.7 Å². The topological polar surface area (TPSA) is 52.7 Å². The van der Waals surface area contributed by atoms with Gasteiger partial charge in [0.25, 0.3) is 0 Å². The van der Waals surface area contributed by atoms with Crippen molar-refractivity contribution in [3.8, 4) is 0 Å². The fourth-order valence-electron chi connectivity index (χ4n) is 2.35. The first-order chi connectivity index (χ1) is 9.49. The minimum absolute atomic E-state index is 0.0545. The Hall–Kier alpha value is -0.880. The summed E-state index contributed by atoms with van der Waals surface area (Å²) in [5, 5.41) is 4.60. The number of rotatable bonds is 6. The Balaban J connectivity index is 2.53. The van der Waals surface area contributed by atoms with Crippen molar-refractivity contribution in [1.82, 2.24) is 19.3 Å². The van der Waals surface area contributed by atoms with Gasteiger partial charge in [-0.1, -0.05) is 13.3 Å². The van der Waals surface area contributed by atoms with Gasteiger partial charge >= 0.3 is 0 Å². The molecule has 2 aromatic heterocycles. The number of imidazole rings is 1. The van der Waals surface area contributed by atoms with Crippen LogP contribution in [0.25, 0.3) is 11.2 Å². The second-order valence-corrected chi connectivity index (χ2v) is 7.14. The number of halogens is 1. The van der Waals surface area contributed by atoms with E-state index in [4.69, 9.17) is 11.6 Å². The maximum Gasteiger partial charge on any atom is 0.158 e. The van der Waals surface area contributed by atoms with Gasteiger partial charge < -0.3 is 4.57 Å². The van der Waals surface area contributed by atoms with Crippen LogP contribution in [0.2, 0.25) is 0 Å². The Kier molecular flexibility index (Phi) is 4.86. The van der Waals surface area contributed by atoms with Gasteiger partial charge in [0.1, 0.15) is 11.3 Å². The van der Waals surface area contributed by atoms with Gasteiger partial charge in [-0.25, -0.2) is 4.98 Å². The van der Waals surface area contributed by atoms with E-state index in [9.17, 15) is 4.21 Å². The van der Waals surface area contributed by atoms with Crippen LogP contribution in [0.15, 0.2) is 0 Å². The molecule has 112 valence electrons. The molecule has 0 amide bonds. The van der Waals surface area contributed by atoms with E-state index in [1.54, 1.807) is 6.26 Å². The Morgan fingerprint density at radius 2 is 2.15 bits per heavy atom. The largest absolute Gasteiger partial charge is 0.311 e. The molecule has 7 heteroatoms. The zero-order valence-corrected chi connectivity index (χ0v) is 14.0. The summed E-state index contributed by atoms with van der Waals surface area (Å²) in [5.41, 5.74) is 2.92. The minimum Gasteiger partial charge on any atom is -0.311 e. The quantitative estimate of drug-likeness (QED) is 0.768. The molecule has 0 N–H and O–H groups in total. The number of aryl methyl sites for hydroxylation is 2. The molecule has 0 aliphatic rings. The molecule has 2 aromatic rings. The molecule has 2 atom stereocenters. The van der Waals surface area contributed by atoms with E-state index in [1.165, 1.54) is 0 Å². The van der Waals surface area contributed by atoms with Crippen molar-refractivity contribution in [2.24, 2.45) is 7.05 Å². The lowest BCUT2D eigenvalue weighted by molar-refractivity contribution is 0.623. The van der Waals surface area contributed by atoms with E-state index in [0.29, 0.717) is 12.4 Å². The Labute approximate surface area is 126 Å². The third-order valence-electron chi connectivity index (χ3n) is 3.48. The zero-order chi connectivity index (χ0) is 14.9. The number of hydrogen-bond acceptors (Lipinski definition) is 3. The van der Waals surface area contributed by atoms with Crippen LogP contribution in [0.5, 0.6) is 0 Å². The predicted molar refractivity (Wildman–Crippen MR) is 83.6 cm³/mol. The van der Waals surface area contributed by atoms with E-state index in [0.717, 1.165) is 35.5 Å². The highest BCUT2D eigenvalue weighted by molar-refractivity contribution is 7.84. The van der Waals surface area contributed by atoms with Gasteiger partial charge in [0.15, 0.2) is 5.65 Å². The van der Waals surface area contributed by atoms with Gasteiger partial charge in [-0.2, -0.15) is 5.10 Å². The second-order valence-electron chi connectivity index (χ2n) is 5.07. The molecule has 5 nitrogen and oxygen atoms in total. The SMILES string of the molecule is CCCc1nn(C)c2c1nc(CCl)n2CC(C)S(C)=O. The molecule has 0 saturated heterocycles. The van der Waals surface area contributed by atoms with Crippen LogP contribution in [0.4, 0.5) is 0 Å². The van der Waals surface area contributed by atoms with Crippen LogP contribution in [-0.4, -0.2) is 35.0 Å². The first kappa shape index (κ1) is 15.5. The van der Waals surface area contributed by atoms with Gasteiger partial charge in [-0.3, -0.25) is 8.89 Å². The Morgan fingerprint density at radius 3 is 2.70 bits per heavy atom. The molecule has 20 heavy (non-hydrogen) atoms. The lowest BCUT2D eigenvalue weighted by Crippen LogP contribution is -2.19. The van der Waals surface area contributed by atoms with Gasteiger partial charge in [-0.05, 0) is 13.3 Å². The summed E-state index contributed by atoms with van der Waals surface area (Å²) in [6.45, 7) is 4.75. The molecule has 0 aliphatic carbocycles. The van der Waals surface area contributed by atoms with Gasteiger partial charge in [0.05, 0.1) is 11.6 Å². The maximum atomic E-state index is 11.6. The molecule has 0 radical (unpaired) electrons. The van der Waals surface area contributed by atoms with Crippen LogP contribution in [0.3, 0.4) is 0 Å². The molecule has 2 unspecified atom stereocenters. The summed E-state index contributed by atoms with van der Waals surface area (Å²) in [5.74, 6) is 1.17. The normalized spacial score (nSPS) is 14.8. The van der Waals surface area contributed by atoms with Crippen LogP contribution in [0, 0.1) is 0 Å². The lowest BCUT2D eigenvalue weighted by atomic mass is 10.2. The summed E-state index contributed by atoms with van der Waals surface area (Å²) >= 11 is 6.02. The summed E-state index contributed by atoms with van der Waals surface area (Å²) in [7, 11) is 1.05. The number of fused-ring (bicyclic) bond motifs is 1. The molecule has 0 bridgehead atoms. The van der Waals surface area contributed by atoms with Crippen molar-refractivity contribution in [2.45, 2.75) is 44.4 Å². The maximum absolute atomic E-state index is 11.6. The molecule has 2 rings (SSSR count). The van der Waals surface area contributed by atoms with Crippen LogP contribution in [0.1, 0.15) is 31.8 Å². The van der Waals surface area contributed by atoms with Crippen molar-refractivity contribution < 1.29 is 4.21 Å².